The zero-order valence-corrected chi connectivity index (χ0v) is 33.6. The van der Waals surface area contributed by atoms with Crippen LogP contribution in [-0.2, 0) is 21.7 Å². The molecule has 7 aromatic carbocycles. The van der Waals surface area contributed by atoms with Gasteiger partial charge in [-0.05, 0) is 121 Å². The summed E-state index contributed by atoms with van der Waals surface area (Å²) in [4.78, 5) is 2.59. The molecular formula is C54H51N. The third kappa shape index (κ3) is 4.91. The van der Waals surface area contributed by atoms with Gasteiger partial charge >= 0.3 is 0 Å². The quantitative estimate of drug-likeness (QED) is 0.176. The summed E-state index contributed by atoms with van der Waals surface area (Å²) in [6.07, 6.45) is 2.39. The molecule has 0 heterocycles. The van der Waals surface area contributed by atoms with Gasteiger partial charge in [-0.25, -0.2) is 0 Å². The minimum Gasteiger partial charge on any atom is -0.309 e. The third-order valence-corrected chi connectivity index (χ3v) is 13.9. The van der Waals surface area contributed by atoms with Gasteiger partial charge in [0, 0.05) is 27.5 Å². The van der Waals surface area contributed by atoms with Crippen LogP contribution in [0.2, 0.25) is 0 Å². The Morgan fingerprint density at radius 3 is 1.69 bits per heavy atom. The number of benzene rings is 7. The molecule has 3 aliphatic rings. The van der Waals surface area contributed by atoms with Gasteiger partial charge in [-0.2, -0.15) is 0 Å². The van der Waals surface area contributed by atoms with E-state index in [0.717, 1.165) is 0 Å². The van der Waals surface area contributed by atoms with Crippen LogP contribution in [0.1, 0.15) is 102 Å². The van der Waals surface area contributed by atoms with Crippen LogP contribution in [-0.4, -0.2) is 0 Å². The summed E-state index contributed by atoms with van der Waals surface area (Å²) in [6, 6.07) is 53.5. The summed E-state index contributed by atoms with van der Waals surface area (Å²) in [7, 11) is 0. The highest BCUT2D eigenvalue weighted by molar-refractivity contribution is 6.03. The lowest BCUT2D eigenvalue weighted by Crippen LogP contribution is -2.33. The third-order valence-electron chi connectivity index (χ3n) is 13.9. The highest BCUT2D eigenvalue weighted by Gasteiger charge is 2.40. The van der Waals surface area contributed by atoms with Crippen molar-refractivity contribution >= 4 is 27.8 Å². The van der Waals surface area contributed by atoms with E-state index in [1.54, 1.807) is 0 Å². The van der Waals surface area contributed by atoms with E-state index < -0.39 is 0 Å². The summed E-state index contributed by atoms with van der Waals surface area (Å²) in [6.45, 7) is 19.3. The van der Waals surface area contributed by atoms with Crippen molar-refractivity contribution < 1.29 is 0 Å². The average Bonchev–Trinajstić information content (AvgIpc) is 3.55. The normalized spacial score (nSPS) is 17.5. The predicted octanol–water partition coefficient (Wildman–Crippen LogP) is 14.9. The van der Waals surface area contributed by atoms with E-state index in [-0.39, 0.29) is 21.7 Å². The Morgan fingerprint density at radius 2 is 0.964 bits per heavy atom. The van der Waals surface area contributed by atoms with E-state index in [2.05, 4.69) is 200 Å². The highest BCUT2D eigenvalue weighted by Crippen LogP contribution is 2.56. The summed E-state index contributed by atoms with van der Waals surface area (Å²) in [5, 5.41) is 2.49. The molecule has 0 spiro atoms. The van der Waals surface area contributed by atoms with Crippen LogP contribution in [0.25, 0.3) is 44.2 Å². The Kier molecular flexibility index (Phi) is 7.17. The molecule has 0 atom stereocenters. The fourth-order valence-corrected chi connectivity index (χ4v) is 10.6. The van der Waals surface area contributed by atoms with Gasteiger partial charge in [0.1, 0.15) is 0 Å². The van der Waals surface area contributed by atoms with Crippen molar-refractivity contribution in [1.82, 2.24) is 0 Å². The molecule has 7 aromatic rings. The molecular weight excluding hydrogens is 663 g/mol. The first-order valence-electron chi connectivity index (χ1n) is 20.2. The molecule has 0 bridgehead atoms. The molecule has 0 amide bonds. The van der Waals surface area contributed by atoms with Crippen molar-refractivity contribution in [3.05, 3.63) is 173 Å². The molecule has 0 saturated carbocycles. The van der Waals surface area contributed by atoms with E-state index in [1.807, 2.05) is 0 Å². The molecule has 10 rings (SSSR count). The summed E-state index contributed by atoms with van der Waals surface area (Å²) in [5.41, 5.74) is 20.1. The van der Waals surface area contributed by atoms with Gasteiger partial charge in [0.25, 0.3) is 0 Å². The van der Waals surface area contributed by atoms with Gasteiger partial charge in [0.05, 0.1) is 11.4 Å². The predicted molar refractivity (Wildman–Crippen MR) is 234 cm³/mol. The molecule has 0 aliphatic heterocycles. The Labute approximate surface area is 327 Å². The van der Waals surface area contributed by atoms with Crippen LogP contribution in [0.3, 0.4) is 0 Å². The lowest BCUT2D eigenvalue weighted by atomic mass is 9.63. The maximum atomic E-state index is 2.59. The lowest BCUT2D eigenvalue weighted by molar-refractivity contribution is 0.332. The van der Waals surface area contributed by atoms with Gasteiger partial charge in [0.2, 0.25) is 0 Å². The molecule has 0 N–H and O–H groups in total. The Morgan fingerprint density at radius 1 is 0.382 bits per heavy atom. The van der Waals surface area contributed by atoms with Crippen molar-refractivity contribution in [2.45, 2.75) is 89.9 Å². The molecule has 0 radical (unpaired) electrons. The SMILES string of the molecule is CC1(C)CCC(C)(C)c2cc(-c3cc4c(cc3N(c3ccc5c(c3)C(C)(C)c3ccccc3-5)c3cccc5ccccc35)C(C)(C)c3ccccc3-4)ccc21. The first-order valence-corrected chi connectivity index (χ1v) is 20.2. The van der Waals surface area contributed by atoms with Crippen molar-refractivity contribution in [2.24, 2.45) is 0 Å². The Hall–Kier alpha value is -5.40. The van der Waals surface area contributed by atoms with E-state index in [1.165, 1.54) is 107 Å². The van der Waals surface area contributed by atoms with Crippen molar-refractivity contribution in [2.75, 3.05) is 4.90 Å². The summed E-state index contributed by atoms with van der Waals surface area (Å²) < 4.78 is 0. The van der Waals surface area contributed by atoms with E-state index >= 15 is 0 Å². The molecule has 272 valence electrons. The Balaban J connectivity index is 1.30. The van der Waals surface area contributed by atoms with Crippen molar-refractivity contribution in [3.63, 3.8) is 0 Å². The molecule has 1 heteroatoms. The zero-order valence-electron chi connectivity index (χ0n) is 33.6. The van der Waals surface area contributed by atoms with Crippen molar-refractivity contribution in [1.29, 1.82) is 0 Å². The lowest BCUT2D eigenvalue weighted by Gasteiger charge is -2.42. The second kappa shape index (κ2) is 11.6. The average molecular weight is 714 g/mol. The van der Waals surface area contributed by atoms with Crippen LogP contribution in [0.5, 0.6) is 0 Å². The van der Waals surface area contributed by atoms with E-state index in [9.17, 15) is 0 Å². The second-order valence-corrected chi connectivity index (χ2v) is 18.8. The van der Waals surface area contributed by atoms with E-state index in [0.29, 0.717) is 0 Å². The van der Waals surface area contributed by atoms with E-state index in [4.69, 9.17) is 0 Å². The van der Waals surface area contributed by atoms with Crippen LogP contribution in [0, 0.1) is 0 Å². The number of hydrogen-bond donors (Lipinski definition) is 0. The molecule has 0 saturated heterocycles. The zero-order chi connectivity index (χ0) is 38.1. The van der Waals surface area contributed by atoms with Crippen LogP contribution >= 0.6 is 0 Å². The number of hydrogen-bond acceptors (Lipinski definition) is 1. The van der Waals surface area contributed by atoms with Crippen LogP contribution < -0.4 is 4.90 Å². The van der Waals surface area contributed by atoms with Crippen LogP contribution in [0.15, 0.2) is 140 Å². The molecule has 0 aromatic heterocycles. The first-order chi connectivity index (χ1) is 26.3. The van der Waals surface area contributed by atoms with Crippen LogP contribution in [0.4, 0.5) is 17.1 Å². The first kappa shape index (κ1) is 34.1. The second-order valence-electron chi connectivity index (χ2n) is 18.8. The van der Waals surface area contributed by atoms with Gasteiger partial charge in [-0.15, -0.1) is 0 Å². The summed E-state index contributed by atoms with van der Waals surface area (Å²) in [5.74, 6) is 0. The number of fused-ring (bicyclic) bond motifs is 8. The fourth-order valence-electron chi connectivity index (χ4n) is 10.6. The van der Waals surface area contributed by atoms with Gasteiger partial charge in [-0.3, -0.25) is 0 Å². The molecule has 0 unspecified atom stereocenters. The number of rotatable bonds is 4. The van der Waals surface area contributed by atoms with Gasteiger partial charge in [-0.1, -0.05) is 165 Å². The number of nitrogens with zero attached hydrogens (tertiary/aromatic N) is 1. The van der Waals surface area contributed by atoms with Crippen molar-refractivity contribution in [3.8, 4) is 33.4 Å². The fraction of sp³-hybridized carbons (Fsp3) is 0.259. The highest BCUT2D eigenvalue weighted by atomic mass is 15.1. The molecule has 3 aliphatic carbocycles. The molecule has 55 heavy (non-hydrogen) atoms. The topological polar surface area (TPSA) is 3.24 Å². The standard InChI is InChI=1S/C54H51N/c1-51(2)28-29-52(3,4)48-30-35(24-27-45(48)51)41-32-42-39-20-12-14-22-44(39)54(7,8)47(42)33-50(41)55(49-23-15-17-34-16-9-10-18-37(34)49)36-25-26-40-38-19-11-13-21-43(38)53(5,6)46(40)31-36/h9-27,30-33H,28-29H2,1-8H3. The maximum absolute atomic E-state index is 2.59. The Bertz CT molecular complexity index is 2710. The van der Waals surface area contributed by atoms with Gasteiger partial charge in [0.15, 0.2) is 0 Å². The smallest absolute Gasteiger partial charge is 0.0543 e. The summed E-state index contributed by atoms with van der Waals surface area (Å²) >= 11 is 0. The maximum Gasteiger partial charge on any atom is 0.0543 e. The number of anilines is 3. The monoisotopic (exact) mass is 713 g/mol. The molecule has 1 nitrogen and oxygen atoms in total. The molecule has 0 fully saturated rings. The van der Waals surface area contributed by atoms with Gasteiger partial charge < -0.3 is 4.90 Å². The minimum atomic E-state index is -0.146. The minimum absolute atomic E-state index is 0.0994. The largest absolute Gasteiger partial charge is 0.309 e.